The lowest BCUT2D eigenvalue weighted by Gasteiger charge is -2.19. The number of phenolic OH excluding ortho intramolecular Hbond substituents is 2. The van der Waals surface area contributed by atoms with Gasteiger partial charge in [0.25, 0.3) is 0 Å². The van der Waals surface area contributed by atoms with E-state index in [1.165, 1.54) is 18.2 Å². The highest BCUT2D eigenvalue weighted by atomic mass is 32.2. The molecule has 15 nitrogen and oxygen atoms in total. The van der Waals surface area contributed by atoms with Gasteiger partial charge in [0.1, 0.15) is 47.5 Å². The SMILES string of the molecule is O=S(=O)([O-])c1cc(S(=O)(=O)[O-])c2c(O)c(N=Nc3ccc(-c4ccc(N=Nc5c(O)ccc6ccccc56)cc4)cc3)c(S(=O)(=O)[O-])cc2c1. The van der Waals surface area contributed by atoms with Gasteiger partial charge >= 0.3 is 0 Å². The van der Waals surface area contributed by atoms with Crippen LogP contribution in [-0.4, -0.2) is 49.1 Å². The summed E-state index contributed by atoms with van der Waals surface area (Å²) in [5.74, 6) is -1.30. The van der Waals surface area contributed by atoms with Crippen molar-refractivity contribution in [3.05, 3.63) is 103 Å². The van der Waals surface area contributed by atoms with Gasteiger partial charge in [-0.3, -0.25) is 0 Å². The number of benzene rings is 6. The Morgan fingerprint density at radius 2 is 1.04 bits per heavy atom. The molecule has 0 saturated heterocycles. The molecule has 2 N–H and O–H groups in total. The molecule has 50 heavy (non-hydrogen) atoms. The van der Waals surface area contributed by atoms with E-state index in [-0.39, 0.29) is 17.5 Å². The second-order valence-electron chi connectivity index (χ2n) is 10.6. The molecule has 18 heteroatoms. The fourth-order valence-electron chi connectivity index (χ4n) is 5.06. The van der Waals surface area contributed by atoms with Crippen LogP contribution in [0.5, 0.6) is 11.5 Å². The van der Waals surface area contributed by atoms with Crippen LogP contribution in [0.15, 0.2) is 138 Å². The van der Waals surface area contributed by atoms with Crippen molar-refractivity contribution in [1.82, 2.24) is 0 Å². The minimum atomic E-state index is -5.56. The maximum atomic E-state index is 12.1. The third-order valence-electron chi connectivity index (χ3n) is 7.39. The maximum Gasteiger partial charge on any atom is 0.153 e. The second-order valence-corrected chi connectivity index (χ2v) is 14.7. The largest absolute Gasteiger partial charge is 0.744 e. The number of phenols is 2. The van der Waals surface area contributed by atoms with E-state index in [0.29, 0.717) is 29.1 Å². The first kappa shape index (κ1) is 34.2. The van der Waals surface area contributed by atoms with E-state index in [1.807, 2.05) is 24.3 Å². The van der Waals surface area contributed by atoms with Gasteiger partial charge < -0.3 is 23.9 Å². The molecule has 0 heterocycles. The molecule has 0 atom stereocenters. The van der Waals surface area contributed by atoms with Gasteiger partial charge in [0, 0.05) is 10.8 Å². The number of nitrogens with zero attached hydrogens (tertiary/aromatic N) is 4. The Bertz CT molecular complexity index is 2730. The molecular weight excluding hydrogens is 713 g/mol. The zero-order valence-electron chi connectivity index (χ0n) is 24.9. The highest BCUT2D eigenvalue weighted by molar-refractivity contribution is 7.87. The van der Waals surface area contributed by atoms with Crippen molar-refractivity contribution in [3.63, 3.8) is 0 Å². The Morgan fingerprint density at radius 3 is 1.58 bits per heavy atom. The number of hydrogen-bond acceptors (Lipinski definition) is 15. The quantitative estimate of drug-likeness (QED) is 0.124. The molecule has 0 amide bonds. The molecule has 0 radical (unpaired) electrons. The van der Waals surface area contributed by atoms with Gasteiger partial charge in [0.05, 0.1) is 26.1 Å². The van der Waals surface area contributed by atoms with Crippen molar-refractivity contribution >= 4 is 74.6 Å². The molecule has 6 rings (SSSR count). The lowest BCUT2D eigenvalue weighted by atomic mass is 10.1. The summed E-state index contributed by atoms with van der Waals surface area (Å²) < 4.78 is 107. The molecule has 0 aliphatic rings. The van der Waals surface area contributed by atoms with E-state index in [9.17, 15) is 49.1 Å². The lowest BCUT2D eigenvalue weighted by molar-refractivity contribution is 0.457. The van der Waals surface area contributed by atoms with E-state index in [4.69, 9.17) is 0 Å². The molecule has 0 bridgehead atoms. The summed E-state index contributed by atoms with van der Waals surface area (Å²) in [4.78, 5) is -3.81. The fourth-order valence-corrected chi connectivity index (χ4v) is 7.05. The molecule has 0 fully saturated rings. The monoisotopic (exact) mass is 731 g/mol. The van der Waals surface area contributed by atoms with Gasteiger partial charge in [-0.15, -0.1) is 10.2 Å². The molecule has 0 aliphatic heterocycles. The standard InChI is InChI=1S/C32H22N4O11S3/c37-26-14-9-20-3-1-2-4-25(20)30(26)35-33-22-10-5-18(6-11-22)19-7-12-23(13-8-19)34-36-31-28(50(45,46)47)16-21-15-24(48(39,40)41)17-27(49(42,43)44)29(21)32(31)38/h1-17,37-38H,(H,39,40,41)(H,42,43,44)(H,45,46,47)/p-3. The minimum absolute atomic E-state index is 0.0183. The molecule has 6 aromatic carbocycles. The van der Waals surface area contributed by atoms with Crippen molar-refractivity contribution in [1.29, 1.82) is 0 Å². The van der Waals surface area contributed by atoms with Crippen molar-refractivity contribution in [2.75, 3.05) is 0 Å². The number of hydrogen-bond donors (Lipinski definition) is 2. The number of rotatable bonds is 8. The van der Waals surface area contributed by atoms with E-state index in [2.05, 4.69) is 20.5 Å². The van der Waals surface area contributed by atoms with Crippen LogP contribution < -0.4 is 0 Å². The van der Waals surface area contributed by atoms with Crippen LogP contribution in [0.1, 0.15) is 0 Å². The number of azo groups is 2. The Balaban J connectivity index is 1.31. The van der Waals surface area contributed by atoms with Crippen LogP contribution in [-0.2, 0) is 30.4 Å². The summed E-state index contributed by atoms with van der Waals surface area (Å²) in [6, 6.07) is 25.0. The van der Waals surface area contributed by atoms with Crippen LogP contribution >= 0.6 is 0 Å². The Kier molecular flexibility index (Phi) is 8.68. The Morgan fingerprint density at radius 1 is 0.500 bits per heavy atom. The van der Waals surface area contributed by atoms with Crippen LogP contribution in [0, 0.1) is 0 Å². The average molecular weight is 732 g/mol. The normalized spacial score (nSPS) is 12.8. The van der Waals surface area contributed by atoms with Gasteiger partial charge in [-0.2, -0.15) is 10.2 Å². The summed E-state index contributed by atoms with van der Waals surface area (Å²) in [7, 11) is -16.4. The third-order valence-corrected chi connectivity index (χ3v) is 9.92. The molecule has 6 aromatic rings. The van der Waals surface area contributed by atoms with E-state index in [0.717, 1.165) is 16.3 Å². The lowest BCUT2D eigenvalue weighted by Crippen LogP contribution is -2.06. The molecule has 0 spiro atoms. The van der Waals surface area contributed by atoms with Crippen molar-refractivity contribution < 1.29 is 49.1 Å². The highest BCUT2D eigenvalue weighted by Gasteiger charge is 2.23. The van der Waals surface area contributed by atoms with Crippen LogP contribution in [0.25, 0.3) is 32.7 Å². The van der Waals surface area contributed by atoms with Crippen LogP contribution in [0.4, 0.5) is 22.7 Å². The molecule has 0 unspecified atom stereocenters. The van der Waals surface area contributed by atoms with Crippen molar-refractivity contribution in [3.8, 4) is 22.6 Å². The van der Waals surface area contributed by atoms with E-state index >= 15 is 0 Å². The summed E-state index contributed by atoms with van der Waals surface area (Å²) in [5.41, 5.74) is 1.34. The molecule has 0 saturated carbocycles. The first-order valence-electron chi connectivity index (χ1n) is 14.0. The van der Waals surface area contributed by atoms with E-state index < -0.39 is 67.3 Å². The molecule has 0 aliphatic carbocycles. The third kappa shape index (κ3) is 6.92. The number of fused-ring (bicyclic) bond motifs is 2. The summed E-state index contributed by atoms with van der Waals surface area (Å²) in [6.45, 7) is 0. The predicted octanol–water partition coefficient (Wildman–Crippen LogP) is 6.61. The Hall–Kier alpha value is -5.63. The topological polar surface area (TPSA) is 262 Å². The smallest absolute Gasteiger partial charge is 0.153 e. The molecular formula is C32H19N4O11S3-3. The van der Waals surface area contributed by atoms with Gasteiger partial charge in [-0.05, 0) is 70.4 Å². The molecule has 0 aromatic heterocycles. The van der Waals surface area contributed by atoms with Gasteiger partial charge in [-0.1, -0.05) is 54.6 Å². The summed E-state index contributed by atoms with van der Waals surface area (Å²) in [5, 5.41) is 37.2. The predicted molar refractivity (Wildman–Crippen MR) is 175 cm³/mol. The highest BCUT2D eigenvalue weighted by Crippen LogP contribution is 2.45. The summed E-state index contributed by atoms with van der Waals surface area (Å²) in [6.07, 6.45) is 0. The first-order valence-corrected chi connectivity index (χ1v) is 18.2. The minimum Gasteiger partial charge on any atom is -0.744 e. The van der Waals surface area contributed by atoms with Gasteiger partial charge in [0.2, 0.25) is 0 Å². The Labute approximate surface area is 283 Å². The zero-order valence-corrected chi connectivity index (χ0v) is 27.3. The van der Waals surface area contributed by atoms with E-state index in [1.54, 1.807) is 42.5 Å². The molecule has 254 valence electrons. The maximum absolute atomic E-state index is 12.1. The van der Waals surface area contributed by atoms with Gasteiger partial charge in [-0.25, -0.2) is 25.3 Å². The van der Waals surface area contributed by atoms with Crippen molar-refractivity contribution in [2.24, 2.45) is 20.5 Å². The second kappa shape index (κ2) is 12.7. The number of aromatic hydroxyl groups is 2. The summed E-state index contributed by atoms with van der Waals surface area (Å²) >= 11 is 0. The zero-order chi connectivity index (χ0) is 36.0. The average Bonchev–Trinajstić information content (AvgIpc) is 3.06. The van der Waals surface area contributed by atoms with Crippen molar-refractivity contribution in [2.45, 2.75) is 14.7 Å². The fraction of sp³-hybridized carbons (Fsp3) is 0. The van der Waals surface area contributed by atoms with Crippen LogP contribution in [0.3, 0.4) is 0 Å². The van der Waals surface area contributed by atoms with Crippen LogP contribution in [0.2, 0.25) is 0 Å². The first-order chi connectivity index (χ1) is 23.5. The van der Waals surface area contributed by atoms with Gasteiger partial charge in [0.15, 0.2) is 5.75 Å².